The Morgan fingerprint density at radius 2 is 1.60 bits per heavy atom. The predicted molar refractivity (Wildman–Crippen MR) is 77.5 cm³/mol. The minimum Gasteiger partial charge on any atom is -0.333 e. The van der Waals surface area contributed by atoms with Crippen LogP contribution in [0.25, 0.3) is 0 Å². The Morgan fingerprint density at radius 1 is 1.05 bits per heavy atom. The summed E-state index contributed by atoms with van der Waals surface area (Å²) in [6.07, 6.45) is 8.20. The summed E-state index contributed by atoms with van der Waals surface area (Å²) in [5.41, 5.74) is 0.196. The molecule has 4 bridgehead atoms. The average molecular weight is 275 g/mol. The molecule has 1 N–H and O–H groups in total. The SMILES string of the molecule is CC(C)(C)Nc1nc(C23CC4CC(CC(C4)C2)C3)no1. The lowest BCUT2D eigenvalue weighted by Crippen LogP contribution is -2.49. The van der Waals surface area contributed by atoms with E-state index in [4.69, 9.17) is 9.51 Å². The van der Waals surface area contributed by atoms with Crippen molar-refractivity contribution in [2.75, 3.05) is 5.32 Å². The summed E-state index contributed by atoms with van der Waals surface area (Å²) in [5.74, 6) is 3.72. The van der Waals surface area contributed by atoms with Crippen molar-refractivity contribution in [3.63, 3.8) is 0 Å². The topological polar surface area (TPSA) is 51.0 Å². The smallest absolute Gasteiger partial charge is 0.321 e. The van der Waals surface area contributed by atoms with Gasteiger partial charge in [-0.1, -0.05) is 5.16 Å². The van der Waals surface area contributed by atoms with Crippen molar-refractivity contribution in [3.05, 3.63) is 5.82 Å². The first-order valence-corrected chi connectivity index (χ1v) is 8.04. The van der Waals surface area contributed by atoms with Gasteiger partial charge in [-0.2, -0.15) is 4.98 Å². The molecule has 4 aliphatic rings. The van der Waals surface area contributed by atoms with Crippen LogP contribution in [-0.2, 0) is 5.41 Å². The second kappa shape index (κ2) is 3.99. The number of hydrogen-bond acceptors (Lipinski definition) is 4. The van der Waals surface area contributed by atoms with Gasteiger partial charge in [0.25, 0.3) is 0 Å². The molecule has 4 aliphatic carbocycles. The summed E-state index contributed by atoms with van der Waals surface area (Å²) in [6, 6.07) is 0.586. The fourth-order valence-corrected chi connectivity index (χ4v) is 5.19. The summed E-state index contributed by atoms with van der Waals surface area (Å²) in [6.45, 7) is 6.34. The molecule has 4 heteroatoms. The number of nitrogens with one attached hydrogen (secondary N) is 1. The number of anilines is 1. The van der Waals surface area contributed by atoms with E-state index in [2.05, 4.69) is 31.2 Å². The van der Waals surface area contributed by atoms with E-state index in [1.165, 1.54) is 38.5 Å². The largest absolute Gasteiger partial charge is 0.333 e. The zero-order valence-electron chi connectivity index (χ0n) is 12.8. The van der Waals surface area contributed by atoms with Crippen molar-refractivity contribution in [1.82, 2.24) is 10.1 Å². The molecule has 0 aliphatic heterocycles. The van der Waals surface area contributed by atoms with Crippen LogP contribution in [0.2, 0.25) is 0 Å². The molecule has 0 radical (unpaired) electrons. The van der Waals surface area contributed by atoms with Gasteiger partial charge >= 0.3 is 6.01 Å². The van der Waals surface area contributed by atoms with Gasteiger partial charge in [-0.05, 0) is 77.0 Å². The molecule has 0 atom stereocenters. The van der Waals surface area contributed by atoms with E-state index in [1.807, 2.05) is 0 Å². The molecular formula is C16H25N3O. The van der Waals surface area contributed by atoms with Crippen molar-refractivity contribution < 1.29 is 4.52 Å². The molecule has 1 aromatic rings. The summed E-state index contributed by atoms with van der Waals surface area (Å²) in [5, 5.41) is 7.64. The highest BCUT2D eigenvalue weighted by Crippen LogP contribution is 2.60. The van der Waals surface area contributed by atoms with E-state index in [1.54, 1.807) is 0 Å². The first kappa shape index (κ1) is 12.7. The van der Waals surface area contributed by atoms with Crippen LogP contribution in [-0.4, -0.2) is 15.7 Å². The maximum Gasteiger partial charge on any atom is 0.321 e. The van der Waals surface area contributed by atoms with Gasteiger partial charge in [0.05, 0.1) is 0 Å². The van der Waals surface area contributed by atoms with Gasteiger partial charge in [-0.25, -0.2) is 0 Å². The molecule has 5 rings (SSSR count). The standard InChI is InChI=1S/C16H25N3O/c1-15(2,3)18-14-17-13(19-20-14)16-7-10-4-11(8-16)6-12(5-10)9-16/h10-12H,4-9H2,1-3H3,(H,17,18,19). The molecule has 0 aromatic carbocycles. The maximum absolute atomic E-state index is 5.46. The second-order valence-corrected chi connectivity index (χ2v) is 8.50. The van der Waals surface area contributed by atoms with Crippen LogP contribution in [0.3, 0.4) is 0 Å². The number of rotatable bonds is 2. The van der Waals surface area contributed by atoms with Crippen molar-refractivity contribution in [2.24, 2.45) is 17.8 Å². The van der Waals surface area contributed by atoms with Gasteiger partial charge < -0.3 is 9.84 Å². The Balaban J connectivity index is 1.61. The molecule has 0 saturated heterocycles. The lowest BCUT2D eigenvalue weighted by atomic mass is 9.49. The van der Waals surface area contributed by atoms with Gasteiger partial charge in [0.15, 0.2) is 5.82 Å². The van der Waals surface area contributed by atoms with Crippen LogP contribution in [0.1, 0.15) is 65.1 Å². The molecule has 20 heavy (non-hydrogen) atoms. The fourth-order valence-electron chi connectivity index (χ4n) is 5.19. The second-order valence-electron chi connectivity index (χ2n) is 8.50. The summed E-state index contributed by atoms with van der Waals surface area (Å²) >= 11 is 0. The van der Waals surface area contributed by atoms with E-state index in [0.717, 1.165) is 23.6 Å². The van der Waals surface area contributed by atoms with Crippen molar-refractivity contribution >= 4 is 6.01 Å². The fraction of sp³-hybridized carbons (Fsp3) is 0.875. The number of aromatic nitrogens is 2. The zero-order chi connectivity index (χ0) is 14.0. The third-order valence-corrected chi connectivity index (χ3v) is 5.42. The molecule has 0 spiro atoms. The average Bonchev–Trinajstić information content (AvgIpc) is 2.73. The molecule has 4 nitrogen and oxygen atoms in total. The molecule has 0 unspecified atom stereocenters. The normalized spacial score (nSPS) is 39.2. The lowest BCUT2D eigenvalue weighted by Gasteiger charge is -2.55. The van der Waals surface area contributed by atoms with Crippen LogP contribution in [0, 0.1) is 17.8 Å². The Labute approximate surface area is 120 Å². The Kier molecular flexibility index (Phi) is 2.52. The molecular weight excluding hydrogens is 250 g/mol. The van der Waals surface area contributed by atoms with Crippen LogP contribution >= 0.6 is 0 Å². The minimum absolute atomic E-state index is 0.0364. The summed E-state index contributed by atoms with van der Waals surface area (Å²) < 4.78 is 5.46. The van der Waals surface area contributed by atoms with E-state index >= 15 is 0 Å². The van der Waals surface area contributed by atoms with Crippen molar-refractivity contribution in [2.45, 2.75) is 70.3 Å². The van der Waals surface area contributed by atoms with Crippen LogP contribution in [0.4, 0.5) is 6.01 Å². The van der Waals surface area contributed by atoms with Gasteiger partial charge in [-0.15, -0.1) is 0 Å². The van der Waals surface area contributed by atoms with Crippen LogP contribution < -0.4 is 5.32 Å². The summed E-state index contributed by atoms with van der Waals surface area (Å²) in [4.78, 5) is 4.70. The van der Waals surface area contributed by atoms with Crippen molar-refractivity contribution in [3.8, 4) is 0 Å². The molecule has 1 aromatic heterocycles. The zero-order valence-corrected chi connectivity index (χ0v) is 12.8. The van der Waals surface area contributed by atoms with E-state index in [0.29, 0.717) is 6.01 Å². The lowest BCUT2D eigenvalue weighted by molar-refractivity contribution is -0.0103. The van der Waals surface area contributed by atoms with Crippen LogP contribution in [0.15, 0.2) is 4.52 Å². The van der Waals surface area contributed by atoms with Gasteiger partial charge in [0.1, 0.15) is 0 Å². The van der Waals surface area contributed by atoms with Gasteiger partial charge in [0.2, 0.25) is 0 Å². The number of hydrogen-bond donors (Lipinski definition) is 1. The third-order valence-electron chi connectivity index (χ3n) is 5.42. The molecule has 110 valence electrons. The first-order chi connectivity index (χ1) is 9.42. The Hall–Kier alpha value is -1.06. The van der Waals surface area contributed by atoms with Gasteiger partial charge in [-0.3, -0.25) is 0 Å². The predicted octanol–water partition coefficient (Wildman–Crippen LogP) is 3.75. The Bertz CT molecular complexity index is 479. The highest BCUT2D eigenvalue weighted by atomic mass is 16.5. The van der Waals surface area contributed by atoms with E-state index < -0.39 is 0 Å². The molecule has 1 heterocycles. The quantitative estimate of drug-likeness (QED) is 0.893. The summed E-state index contributed by atoms with van der Waals surface area (Å²) in [7, 11) is 0. The maximum atomic E-state index is 5.46. The third kappa shape index (κ3) is 2.04. The molecule has 4 fully saturated rings. The highest BCUT2D eigenvalue weighted by molar-refractivity contribution is 5.26. The van der Waals surface area contributed by atoms with E-state index in [-0.39, 0.29) is 11.0 Å². The molecule has 0 amide bonds. The van der Waals surface area contributed by atoms with Gasteiger partial charge in [0, 0.05) is 11.0 Å². The highest BCUT2D eigenvalue weighted by Gasteiger charge is 2.53. The minimum atomic E-state index is -0.0364. The monoisotopic (exact) mass is 275 g/mol. The first-order valence-electron chi connectivity index (χ1n) is 8.04. The Morgan fingerprint density at radius 3 is 2.10 bits per heavy atom. The van der Waals surface area contributed by atoms with Crippen molar-refractivity contribution in [1.29, 1.82) is 0 Å². The van der Waals surface area contributed by atoms with Crippen LogP contribution in [0.5, 0.6) is 0 Å². The van der Waals surface area contributed by atoms with E-state index in [9.17, 15) is 0 Å². The molecule has 4 saturated carbocycles. The number of nitrogens with zero attached hydrogens (tertiary/aromatic N) is 2.